The monoisotopic (exact) mass is 286 g/mol. The number of allylic oxidation sites excluding steroid dienone is 1. The lowest BCUT2D eigenvalue weighted by atomic mass is 9.70. The summed E-state index contributed by atoms with van der Waals surface area (Å²) in [4.78, 5) is 12.8. The molecule has 20 heavy (non-hydrogen) atoms. The van der Waals surface area contributed by atoms with Crippen LogP contribution in [-0.2, 0) is 10.5 Å². The summed E-state index contributed by atoms with van der Waals surface area (Å²) in [6, 6.07) is 8.36. The number of Topliss-reactive ketones (excluding diaryl/α,β-unsaturated/α-hetero) is 1. The minimum absolute atomic E-state index is 0.0982. The second kappa shape index (κ2) is 4.49. The maximum absolute atomic E-state index is 12.8. The summed E-state index contributed by atoms with van der Waals surface area (Å²) in [6.45, 7) is 6.67. The highest BCUT2D eigenvalue weighted by Crippen LogP contribution is 2.65. The molecule has 2 saturated carbocycles. The van der Waals surface area contributed by atoms with Crippen molar-refractivity contribution in [1.82, 2.24) is 0 Å². The normalized spacial score (nSPS) is 33.1. The number of carbonyl (C=O) groups is 1. The first kappa shape index (κ1) is 13.9. The van der Waals surface area contributed by atoms with Gasteiger partial charge in [0.25, 0.3) is 0 Å². The summed E-state index contributed by atoms with van der Waals surface area (Å²) in [5, 5.41) is 0. The summed E-state index contributed by atoms with van der Waals surface area (Å²) in [6.07, 6.45) is 4.30. The fourth-order valence-corrected chi connectivity index (χ4v) is 4.20. The van der Waals surface area contributed by atoms with Gasteiger partial charge in [0.15, 0.2) is 5.78 Å². The number of carbonyl (C=O) groups excluding carboxylic acids is 1. The van der Waals surface area contributed by atoms with Crippen LogP contribution < -0.4 is 0 Å². The number of rotatable bonds is 2. The molecule has 2 heteroatoms. The Kier molecular flexibility index (Phi) is 3.13. The number of hydrogen-bond acceptors (Lipinski definition) is 2. The van der Waals surface area contributed by atoms with Crippen molar-refractivity contribution in [3.63, 3.8) is 0 Å². The van der Waals surface area contributed by atoms with Crippen LogP contribution in [0.15, 0.2) is 29.8 Å². The summed E-state index contributed by atoms with van der Waals surface area (Å²) >= 11 is 4.27. The lowest BCUT2D eigenvalue weighted by molar-refractivity contribution is -0.125. The highest BCUT2D eigenvalue weighted by Gasteiger charge is 2.63. The van der Waals surface area contributed by atoms with Crippen molar-refractivity contribution in [2.75, 3.05) is 0 Å². The van der Waals surface area contributed by atoms with Crippen LogP contribution in [0.4, 0.5) is 0 Å². The average Bonchev–Trinajstić information content (AvgIpc) is 2.74. The van der Waals surface area contributed by atoms with Crippen molar-refractivity contribution in [3.8, 4) is 0 Å². The smallest absolute Gasteiger partial charge is 0.165 e. The molecule has 0 aromatic heterocycles. The van der Waals surface area contributed by atoms with Crippen molar-refractivity contribution in [2.45, 2.75) is 39.4 Å². The van der Waals surface area contributed by atoms with Gasteiger partial charge in [0.05, 0.1) is 0 Å². The molecule has 2 atom stereocenters. The molecule has 106 valence electrons. The van der Waals surface area contributed by atoms with Crippen LogP contribution in [0.1, 0.15) is 44.7 Å². The predicted molar refractivity (Wildman–Crippen MR) is 86.7 cm³/mol. The van der Waals surface area contributed by atoms with Gasteiger partial charge >= 0.3 is 0 Å². The zero-order valence-electron chi connectivity index (χ0n) is 12.4. The van der Waals surface area contributed by atoms with E-state index in [1.54, 1.807) is 0 Å². The largest absolute Gasteiger partial charge is 0.294 e. The Morgan fingerprint density at radius 3 is 2.40 bits per heavy atom. The van der Waals surface area contributed by atoms with E-state index in [2.05, 4.69) is 63.7 Å². The zero-order chi connectivity index (χ0) is 14.5. The van der Waals surface area contributed by atoms with E-state index < -0.39 is 0 Å². The Hall–Kier alpha value is -1.02. The van der Waals surface area contributed by atoms with Gasteiger partial charge in [0, 0.05) is 11.2 Å². The molecule has 0 heterocycles. The molecule has 0 radical (unpaired) electrons. The molecule has 1 nitrogen and oxygen atoms in total. The molecule has 2 aliphatic rings. The molecule has 2 bridgehead atoms. The van der Waals surface area contributed by atoms with Gasteiger partial charge < -0.3 is 0 Å². The van der Waals surface area contributed by atoms with Crippen LogP contribution in [0.25, 0.3) is 6.08 Å². The Morgan fingerprint density at radius 1 is 1.25 bits per heavy atom. The second-order valence-corrected chi connectivity index (χ2v) is 7.29. The maximum atomic E-state index is 12.8. The van der Waals surface area contributed by atoms with E-state index in [4.69, 9.17) is 0 Å². The molecule has 0 saturated heterocycles. The van der Waals surface area contributed by atoms with E-state index in [1.807, 2.05) is 0 Å². The maximum Gasteiger partial charge on any atom is 0.165 e. The zero-order valence-corrected chi connectivity index (χ0v) is 13.3. The third-order valence-electron chi connectivity index (χ3n) is 5.85. The number of ketones is 1. The summed E-state index contributed by atoms with van der Waals surface area (Å²) in [5.41, 5.74) is 3.32. The van der Waals surface area contributed by atoms with Gasteiger partial charge in [-0.3, -0.25) is 4.79 Å². The Balaban J connectivity index is 1.99. The SMILES string of the molecule is CC12CCC(/C(=C\c3ccc(CS)cc3)C1=O)C2(C)C. The number of fused-ring (bicyclic) bond motifs is 2. The third-order valence-corrected chi connectivity index (χ3v) is 6.21. The molecule has 3 rings (SSSR count). The molecule has 1 aromatic rings. The summed E-state index contributed by atoms with van der Waals surface area (Å²) in [7, 11) is 0. The van der Waals surface area contributed by atoms with E-state index in [0.717, 1.165) is 29.7 Å². The first-order valence-electron chi connectivity index (χ1n) is 7.36. The molecule has 0 amide bonds. The van der Waals surface area contributed by atoms with Crippen LogP contribution in [-0.4, -0.2) is 5.78 Å². The van der Waals surface area contributed by atoms with E-state index in [1.165, 1.54) is 5.56 Å². The van der Waals surface area contributed by atoms with Crippen LogP contribution in [0.3, 0.4) is 0 Å². The molecule has 2 aliphatic carbocycles. The van der Waals surface area contributed by atoms with Crippen LogP contribution >= 0.6 is 12.6 Å². The molecular formula is C18H22OS. The lowest BCUT2D eigenvalue weighted by Gasteiger charge is -2.31. The fourth-order valence-electron chi connectivity index (χ4n) is 3.99. The third kappa shape index (κ3) is 1.74. The van der Waals surface area contributed by atoms with Crippen LogP contribution in [0, 0.1) is 16.7 Å². The van der Waals surface area contributed by atoms with Gasteiger partial charge in [-0.2, -0.15) is 12.6 Å². The van der Waals surface area contributed by atoms with E-state index in [-0.39, 0.29) is 10.8 Å². The molecule has 2 fully saturated rings. The number of benzene rings is 1. The molecule has 2 unspecified atom stereocenters. The average molecular weight is 286 g/mol. The molecule has 0 aliphatic heterocycles. The number of thiol groups is 1. The van der Waals surface area contributed by atoms with Gasteiger partial charge in [-0.1, -0.05) is 45.0 Å². The minimum atomic E-state index is -0.158. The second-order valence-electron chi connectivity index (χ2n) is 6.97. The Labute approximate surface area is 126 Å². The van der Waals surface area contributed by atoms with Crippen LogP contribution in [0.5, 0.6) is 0 Å². The molecule has 0 spiro atoms. The number of hydrogen-bond donors (Lipinski definition) is 1. The van der Waals surface area contributed by atoms with Crippen molar-refractivity contribution in [1.29, 1.82) is 0 Å². The predicted octanol–water partition coefficient (Wildman–Crippen LogP) is 4.53. The summed E-state index contributed by atoms with van der Waals surface area (Å²) in [5.74, 6) is 1.55. The van der Waals surface area contributed by atoms with Gasteiger partial charge in [-0.25, -0.2) is 0 Å². The van der Waals surface area contributed by atoms with E-state index in [0.29, 0.717) is 11.7 Å². The van der Waals surface area contributed by atoms with E-state index in [9.17, 15) is 4.79 Å². The van der Waals surface area contributed by atoms with Gasteiger partial charge in [0.1, 0.15) is 0 Å². The van der Waals surface area contributed by atoms with Crippen molar-refractivity contribution in [3.05, 3.63) is 41.0 Å². The summed E-state index contributed by atoms with van der Waals surface area (Å²) < 4.78 is 0. The standard InChI is InChI=1S/C18H22OS/c1-17(2)15-8-9-18(17,3)16(19)14(15)10-12-4-6-13(11-20)7-5-12/h4-7,10,15,20H,8-9,11H2,1-3H3/b14-10+. The lowest BCUT2D eigenvalue weighted by Crippen LogP contribution is -2.32. The topological polar surface area (TPSA) is 17.1 Å². The van der Waals surface area contributed by atoms with E-state index >= 15 is 0 Å². The van der Waals surface area contributed by atoms with Gasteiger partial charge in [-0.15, -0.1) is 0 Å². The van der Waals surface area contributed by atoms with Crippen molar-refractivity contribution < 1.29 is 4.79 Å². The first-order chi connectivity index (χ1) is 9.40. The van der Waals surface area contributed by atoms with Crippen molar-refractivity contribution in [2.24, 2.45) is 16.7 Å². The quantitative estimate of drug-likeness (QED) is 0.624. The molecular weight excluding hydrogens is 264 g/mol. The fraction of sp³-hybridized carbons (Fsp3) is 0.500. The Bertz CT molecular complexity index is 582. The Morgan fingerprint density at radius 2 is 1.90 bits per heavy atom. The van der Waals surface area contributed by atoms with Gasteiger partial charge in [0.2, 0.25) is 0 Å². The molecule has 0 N–H and O–H groups in total. The minimum Gasteiger partial charge on any atom is -0.294 e. The van der Waals surface area contributed by atoms with Crippen LogP contribution in [0.2, 0.25) is 0 Å². The highest BCUT2D eigenvalue weighted by atomic mass is 32.1. The van der Waals surface area contributed by atoms with Gasteiger partial charge in [-0.05, 0) is 47.0 Å². The molecule has 1 aromatic carbocycles. The highest BCUT2D eigenvalue weighted by molar-refractivity contribution is 7.79. The van der Waals surface area contributed by atoms with Crippen molar-refractivity contribution >= 4 is 24.5 Å². The first-order valence-corrected chi connectivity index (χ1v) is 7.99.